The molecule has 0 saturated carbocycles. The van der Waals surface area contributed by atoms with Crippen LogP contribution in [-0.2, 0) is 31.1 Å². The Kier molecular flexibility index (Phi) is 5.94. The van der Waals surface area contributed by atoms with Crippen molar-refractivity contribution in [1.29, 1.82) is 0 Å². The highest BCUT2D eigenvalue weighted by Gasteiger charge is 2.14. The van der Waals surface area contributed by atoms with Crippen molar-refractivity contribution in [2.75, 3.05) is 6.61 Å². The number of benzene rings is 1. The van der Waals surface area contributed by atoms with Crippen molar-refractivity contribution in [3.8, 4) is 0 Å². The molecular formula is C11H15O5S2-. The summed E-state index contributed by atoms with van der Waals surface area (Å²) in [5.74, 6) is -0.128. The quantitative estimate of drug-likeness (QED) is 0.432. The van der Waals surface area contributed by atoms with Gasteiger partial charge in [-0.25, -0.2) is 0 Å². The number of rotatable bonds is 7. The van der Waals surface area contributed by atoms with Crippen molar-refractivity contribution in [1.82, 2.24) is 0 Å². The zero-order chi connectivity index (χ0) is 13.6. The van der Waals surface area contributed by atoms with Crippen LogP contribution in [-0.4, -0.2) is 23.8 Å². The predicted molar refractivity (Wildman–Crippen MR) is 67.1 cm³/mol. The molecule has 5 nitrogen and oxygen atoms in total. The minimum Gasteiger partial charge on any atom is -0.772 e. The molecule has 0 saturated heterocycles. The smallest absolute Gasteiger partial charge is 0.296 e. The average Bonchev–Trinajstić information content (AvgIpc) is 2.29. The molecule has 0 heterocycles. The topological polar surface area (TPSA) is 83.5 Å². The summed E-state index contributed by atoms with van der Waals surface area (Å²) in [5.41, 5.74) is 0.538. The second-order valence-electron chi connectivity index (χ2n) is 3.72. The molecule has 7 heteroatoms. The second kappa shape index (κ2) is 6.98. The standard InChI is InChI=1S/C11H16O5S2/c1-2-3-8-16-18(14,15)11-6-4-10(5-7-11)9-17(12)13/h4-7H,2-3,8-9H2,1H3,(H,12,13)/p-1. The van der Waals surface area contributed by atoms with Crippen LogP contribution >= 0.6 is 0 Å². The molecule has 0 aliphatic rings. The van der Waals surface area contributed by atoms with Crippen LogP contribution < -0.4 is 0 Å². The third kappa shape index (κ3) is 4.85. The van der Waals surface area contributed by atoms with Crippen molar-refractivity contribution >= 4 is 21.2 Å². The Morgan fingerprint density at radius 2 is 1.89 bits per heavy atom. The van der Waals surface area contributed by atoms with Crippen LogP contribution in [0.4, 0.5) is 0 Å². The van der Waals surface area contributed by atoms with E-state index in [0.29, 0.717) is 12.0 Å². The fourth-order valence-electron chi connectivity index (χ4n) is 1.27. The van der Waals surface area contributed by atoms with Crippen LogP contribution in [0.3, 0.4) is 0 Å². The summed E-state index contributed by atoms with van der Waals surface area (Å²) >= 11 is -2.18. The molecule has 1 aromatic rings. The van der Waals surface area contributed by atoms with Crippen molar-refractivity contribution in [3.05, 3.63) is 29.8 Å². The first-order chi connectivity index (χ1) is 8.45. The molecule has 0 amide bonds. The van der Waals surface area contributed by atoms with Gasteiger partial charge in [-0.1, -0.05) is 36.6 Å². The molecule has 0 spiro atoms. The van der Waals surface area contributed by atoms with Gasteiger partial charge < -0.3 is 4.55 Å². The molecule has 1 aromatic carbocycles. The Morgan fingerprint density at radius 3 is 2.39 bits per heavy atom. The summed E-state index contributed by atoms with van der Waals surface area (Å²) in [5, 5.41) is 0. The fraction of sp³-hybridized carbons (Fsp3) is 0.455. The van der Waals surface area contributed by atoms with E-state index in [9.17, 15) is 17.2 Å². The highest BCUT2D eigenvalue weighted by atomic mass is 32.2. The Labute approximate surface area is 110 Å². The van der Waals surface area contributed by atoms with Gasteiger partial charge in [-0.05, 0) is 24.1 Å². The first-order valence-electron chi connectivity index (χ1n) is 5.50. The van der Waals surface area contributed by atoms with E-state index in [4.69, 9.17) is 4.18 Å². The Morgan fingerprint density at radius 1 is 1.28 bits per heavy atom. The van der Waals surface area contributed by atoms with Gasteiger partial charge in [0.1, 0.15) is 0 Å². The van der Waals surface area contributed by atoms with Gasteiger partial charge in [0, 0.05) is 5.75 Å². The lowest BCUT2D eigenvalue weighted by Crippen LogP contribution is -2.07. The van der Waals surface area contributed by atoms with E-state index < -0.39 is 21.2 Å². The molecule has 1 unspecified atom stereocenters. The maximum absolute atomic E-state index is 11.7. The van der Waals surface area contributed by atoms with E-state index in [1.165, 1.54) is 24.3 Å². The monoisotopic (exact) mass is 291 g/mol. The van der Waals surface area contributed by atoms with Crippen LogP contribution in [0.25, 0.3) is 0 Å². The fourth-order valence-corrected chi connectivity index (χ4v) is 2.68. The van der Waals surface area contributed by atoms with Crippen molar-refractivity contribution in [3.63, 3.8) is 0 Å². The Bertz CT molecular complexity index is 493. The molecule has 0 fully saturated rings. The van der Waals surface area contributed by atoms with E-state index in [-0.39, 0.29) is 17.3 Å². The maximum Gasteiger partial charge on any atom is 0.296 e. The lowest BCUT2D eigenvalue weighted by atomic mass is 10.2. The van der Waals surface area contributed by atoms with Gasteiger partial charge in [-0.2, -0.15) is 8.42 Å². The van der Waals surface area contributed by atoms with E-state index >= 15 is 0 Å². The van der Waals surface area contributed by atoms with Crippen molar-refractivity contribution in [2.24, 2.45) is 0 Å². The highest BCUT2D eigenvalue weighted by Crippen LogP contribution is 2.14. The molecular weight excluding hydrogens is 276 g/mol. The van der Waals surface area contributed by atoms with Crippen LogP contribution in [0.15, 0.2) is 29.2 Å². The summed E-state index contributed by atoms with van der Waals surface area (Å²) in [6.45, 7) is 2.10. The van der Waals surface area contributed by atoms with Gasteiger partial charge in [-0.3, -0.25) is 8.39 Å². The van der Waals surface area contributed by atoms with E-state index in [2.05, 4.69) is 0 Å². The van der Waals surface area contributed by atoms with Crippen LogP contribution in [0.5, 0.6) is 0 Å². The summed E-state index contributed by atoms with van der Waals surface area (Å²) in [4.78, 5) is 0.0408. The molecule has 1 atom stereocenters. The molecule has 0 bridgehead atoms. The lowest BCUT2D eigenvalue weighted by molar-refractivity contribution is 0.311. The van der Waals surface area contributed by atoms with Crippen LogP contribution in [0, 0.1) is 0 Å². The zero-order valence-corrected chi connectivity index (χ0v) is 11.6. The summed E-state index contributed by atoms with van der Waals surface area (Å²) in [6, 6.07) is 5.63. The maximum atomic E-state index is 11.7. The molecule has 0 radical (unpaired) electrons. The Balaban J connectivity index is 2.74. The average molecular weight is 291 g/mol. The largest absolute Gasteiger partial charge is 0.772 e. The normalized spacial score (nSPS) is 13.4. The predicted octanol–water partition coefficient (Wildman–Crippen LogP) is 1.57. The minimum absolute atomic E-state index is 0.0408. The van der Waals surface area contributed by atoms with Gasteiger partial charge in [0.05, 0.1) is 11.5 Å². The third-order valence-corrected chi connectivity index (χ3v) is 4.13. The second-order valence-corrected chi connectivity index (χ2v) is 6.23. The number of unbranched alkanes of at least 4 members (excludes halogenated alkanes) is 1. The molecule has 0 aromatic heterocycles. The molecule has 1 rings (SSSR count). The molecule has 0 aliphatic heterocycles. The third-order valence-electron chi connectivity index (χ3n) is 2.23. The van der Waals surface area contributed by atoms with Gasteiger partial charge in [-0.15, -0.1) is 0 Å². The lowest BCUT2D eigenvalue weighted by Gasteiger charge is -2.07. The highest BCUT2D eigenvalue weighted by molar-refractivity contribution is 7.86. The van der Waals surface area contributed by atoms with Crippen molar-refractivity contribution < 1.29 is 21.4 Å². The SMILES string of the molecule is CCCCOS(=O)(=O)c1ccc(CS(=O)[O-])cc1. The summed E-state index contributed by atoms with van der Waals surface area (Å²) < 4.78 is 49.2. The minimum atomic E-state index is -3.73. The van der Waals surface area contributed by atoms with Gasteiger partial charge in [0.25, 0.3) is 10.1 Å². The van der Waals surface area contributed by atoms with Gasteiger partial charge in [0.15, 0.2) is 0 Å². The summed E-state index contributed by atoms with van der Waals surface area (Å²) in [7, 11) is -3.73. The van der Waals surface area contributed by atoms with E-state index in [0.717, 1.165) is 6.42 Å². The summed E-state index contributed by atoms with van der Waals surface area (Å²) in [6.07, 6.45) is 1.52. The molecule has 0 aliphatic carbocycles. The van der Waals surface area contributed by atoms with Crippen LogP contribution in [0.1, 0.15) is 25.3 Å². The first-order valence-corrected chi connectivity index (χ1v) is 8.15. The van der Waals surface area contributed by atoms with Gasteiger partial charge >= 0.3 is 0 Å². The molecule has 18 heavy (non-hydrogen) atoms. The zero-order valence-electron chi connectivity index (χ0n) is 10.00. The van der Waals surface area contributed by atoms with Gasteiger partial charge in [0.2, 0.25) is 0 Å². The Hall–Kier alpha value is -0.760. The van der Waals surface area contributed by atoms with Crippen LogP contribution in [0.2, 0.25) is 0 Å². The van der Waals surface area contributed by atoms with Crippen molar-refractivity contribution in [2.45, 2.75) is 30.4 Å². The molecule has 0 N–H and O–H groups in total. The number of hydrogen-bond acceptors (Lipinski definition) is 5. The number of hydrogen-bond donors (Lipinski definition) is 0. The van der Waals surface area contributed by atoms with E-state index in [1.54, 1.807) is 0 Å². The van der Waals surface area contributed by atoms with E-state index in [1.807, 2.05) is 6.92 Å². The molecule has 102 valence electrons. The first kappa shape index (κ1) is 15.3.